The molecular formula is C19H21N3O2. The lowest BCUT2D eigenvalue weighted by Gasteiger charge is -2.16. The van der Waals surface area contributed by atoms with Crippen LogP contribution in [0.1, 0.15) is 12.7 Å². The number of ether oxygens (including phenoxy) is 1. The van der Waals surface area contributed by atoms with Crippen LogP contribution in [0.15, 0.2) is 54.6 Å². The summed E-state index contributed by atoms with van der Waals surface area (Å²) in [6.45, 7) is 3.26. The van der Waals surface area contributed by atoms with E-state index in [1.165, 1.54) is 0 Å². The van der Waals surface area contributed by atoms with Crippen LogP contribution in [-0.4, -0.2) is 34.0 Å². The number of nitrogens with zero attached hydrogens (tertiary/aromatic N) is 3. The summed E-state index contributed by atoms with van der Waals surface area (Å²) in [4.78, 5) is 17.9. The van der Waals surface area contributed by atoms with Gasteiger partial charge in [0.2, 0.25) is 5.91 Å². The molecule has 0 N–H and O–H groups in total. The van der Waals surface area contributed by atoms with Crippen molar-refractivity contribution in [3.05, 3.63) is 60.4 Å². The largest absolute Gasteiger partial charge is 0.492 e. The topological polar surface area (TPSA) is 47.4 Å². The molecule has 0 saturated heterocycles. The van der Waals surface area contributed by atoms with Gasteiger partial charge in [0.1, 0.15) is 18.2 Å². The molecule has 24 heavy (non-hydrogen) atoms. The number of carbonyl (C=O) groups excluding carboxylic acids is 1. The number of para-hydroxylation sites is 3. The second-order valence-corrected chi connectivity index (χ2v) is 5.70. The maximum atomic E-state index is 11.5. The van der Waals surface area contributed by atoms with Gasteiger partial charge in [0, 0.05) is 14.0 Å². The summed E-state index contributed by atoms with van der Waals surface area (Å²) in [5.41, 5.74) is 1.99. The van der Waals surface area contributed by atoms with E-state index in [0.29, 0.717) is 19.7 Å². The van der Waals surface area contributed by atoms with Crippen molar-refractivity contribution in [1.29, 1.82) is 0 Å². The Labute approximate surface area is 141 Å². The molecule has 0 aliphatic heterocycles. The lowest BCUT2D eigenvalue weighted by molar-refractivity contribution is -0.128. The Hall–Kier alpha value is -2.82. The predicted molar refractivity (Wildman–Crippen MR) is 93.8 cm³/mol. The van der Waals surface area contributed by atoms with Crippen molar-refractivity contribution in [2.75, 3.05) is 13.7 Å². The van der Waals surface area contributed by atoms with Gasteiger partial charge < -0.3 is 14.2 Å². The fraction of sp³-hybridized carbons (Fsp3) is 0.263. The molecule has 5 heteroatoms. The molecule has 3 aromatic rings. The third-order valence-corrected chi connectivity index (χ3v) is 3.98. The van der Waals surface area contributed by atoms with Crippen LogP contribution < -0.4 is 4.74 Å². The third-order valence-electron chi connectivity index (χ3n) is 3.98. The molecule has 1 amide bonds. The van der Waals surface area contributed by atoms with Crippen molar-refractivity contribution in [2.24, 2.45) is 0 Å². The van der Waals surface area contributed by atoms with Crippen LogP contribution >= 0.6 is 0 Å². The molecule has 0 spiro atoms. The van der Waals surface area contributed by atoms with E-state index in [4.69, 9.17) is 4.74 Å². The van der Waals surface area contributed by atoms with E-state index < -0.39 is 0 Å². The minimum Gasteiger partial charge on any atom is -0.492 e. The van der Waals surface area contributed by atoms with E-state index in [9.17, 15) is 4.79 Å². The van der Waals surface area contributed by atoms with E-state index in [-0.39, 0.29) is 5.91 Å². The van der Waals surface area contributed by atoms with Crippen molar-refractivity contribution in [2.45, 2.75) is 20.0 Å². The first-order valence-corrected chi connectivity index (χ1v) is 7.99. The Balaban J connectivity index is 1.80. The van der Waals surface area contributed by atoms with E-state index >= 15 is 0 Å². The maximum Gasteiger partial charge on any atom is 0.219 e. The molecule has 124 valence electrons. The van der Waals surface area contributed by atoms with Gasteiger partial charge in [-0.3, -0.25) is 4.79 Å². The first kappa shape index (κ1) is 16.1. The second kappa shape index (κ2) is 7.17. The van der Waals surface area contributed by atoms with Crippen molar-refractivity contribution < 1.29 is 9.53 Å². The molecule has 0 saturated carbocycles. The number of aromatic nitrogens is 2. The van der Waals surface area contributed by atoms with Crippen LogP contribution in [0.25, 0.3) is 11.0 Å². The highest BCUT2D eigenvalue weighted by Crippen LogP contribution is 2.17. The van der Waals surface area contributed by atoms with Gasteiger partial charge in [-0.1, -0.05) is 30.3 Å². The maximum absolute atomic E-state index is 11.5. The average Bonchev–Trinajstić information content (AvgIpc) is 2.93. The van der Waals surface area contributed by atoms with Crippen molar-refractivity contribution in [1.82, 2.24) is 14.5 Å². The number of imidazole rings is 1. The number of rotatable bonds is 6. The number of fused-ring (bicyclic) bond motifs is 1. The summed E-state index contributed by atoms with van der Waals surface area (Å²) < 4.78 is 7.93. The zero-order valence-corrected chi connectivity index (χ0v) is 14.0. The number of hydrogen-bond donors (Lipinski definition) is 0. The molecule has 1 heterocycles. The normalized spacial score (nSPS) is 10.8. The number of amides is 1. The van der Waals surface area contributed by atoms with Gasteiger partial charge in [-0.2, -0.15) is 0 Å². The zero-order valence-electron chi connectivity index (χ0n) is 14.0. The first-order chi connectivity index (χ1) is 11.6. The number of benzene rings is 2. The van der Waals surface area contributed by atoms with Crippen molar-refractivity contribution >= 4 is 16.9 Å². The fourth-order valence-corrected chi connectivity index (χ4v) is 2.59. The van der Waals surface area contributed by atoms with Crippen LogP contribution in [0.2, 0.25) is 0 Å². The Morgan fingerprint density at radius 3 is 2.58 bits per heavy atom. The molecule has 0 fully saturated rings. The van der Waals surface area contributed by atoms with Gasteiger partial charge in [-0.05, 0) is 24.3 Å². The smallest absolute Gasteiger partial charge is 0.219 e. The Kier molecular flexibility index (Phi) is 4.79. The number of hydrogen-bond acceptors (Lipinski definition) is 3. The van der Waals surface area contributed by atoms with Crippen LogP contribution in [0, 0.1) is 0 Å². The summed E-state index contributed by atoms with van der Waals surface area (Å²) in [6.07, 6.45) is 0. The standard InChI is InChI=1S/C19H21N3O2/c1-15(23)21(2)14-19-20-17-10-6-7-11-18(17)22(19)12-13-24-16-8-4-3-5-9-16/h3-11H,12-14H2,1-2H3. The summed E-state index contributed by atoms with van der Waals surface area (Å²) in [5, 5.41) is 0. The SMILES string of the molecule is CC(=O)N(C)Cc1nc2ccccc2n1CCOc1ccccc1. The molecule has 0 radical (unpaired) electrons. The van der Waals surface area contributed by atoms with Crippen molar-refractivity contribution in [3.63, 3.8) is 0 Å². The summed E-state index contributed by atoms with van der Waals surface area (Å²) in [6, 6.07) is 17.8. The van der Waals surface area contributed by atoms with Gasteiger partial charge in [0.05, 0.1) is 24.1 Å². The first-order valence-electron chi connectivity index (χ1n) is 7.99. The Morgan fingerprint density at radius 2 is 1.83 bits per heavy atom. The van der Waals surface area contributed by atoms with E-state index in [1.807, 2.05) is 54.6 Å². The third kappa shape index (κ3) is 3.56. The Bertz CT molecular complexity index is 827. The molecule has 5 nitrogen and oxygen atoms in total. The molecule has 1 aromatic heterocycles. The summed E-state index contributed by atoms with van der Waals surface area (Å²) in [5.74, 6) is 1.74. The highest BCUT2D eigenvalue weighted by atomic mass is 16.5. The minimum absolute atomic E-state index is 0.0224. The van der Waals surface area contributed by atoms with Crippen LogP contribution in [0.3, 0.4) is 0 Å². The molecule has 0 atom stereocenters. The molecule has 0 aliphatic rings. The highest BCUT2D eigenvalue weighted by Gasteiger charge is 2.13. The lowest BCUT2D eigenvalue weighted by atomic mass is 10.3. The van der Waals surface area contributed by atoms with E-state index in [2.05, 4.69) is 9.55 Å². The van der Waals surface area contributed by atoms with Crippen LogP contribution in [0.5, 0.6) is 5.75 Å². The monoisotopic (exact) mass is 323 g/mol. The van der Waals surface area contributed by atoms with Gasteiger partial charge in [0.15, 0.2) is 0 Å². The van der Waals surface area contributed by atoms with Gasteiger partial charge in [0.25, 0.3) is 0 Å². The van der Waals surface area contributed by atoms with E-state index in [1.54, 1.807) is 18.9 Å². The van der Waals surface area contributed by atoms with Crippen molar-refractivity contribution in [3.8, 4) is 5.75 Å². The molecular weight excluding hydrogens is 302 g/mol. The predicted octanol–water partition coefficient (Wildman–Crippen LogP) is 3.09. The second-order valence-electron chi connectivity index (χ2n) is 5.70. The Morgan fingerprint density at radius 1 is 1.12 bits per heavy atom. The molecule has 2 aromatic carbocycles. The van der Waals surface area contributed by atoms with Gasteiger partial charge in [-0.15, -0.1) is 0 Å². The van der Waals surface area contributed by atoms with Gasteiger partial charge >= 0.3 is 0 Å². The number of carbonyl (C=O) groups is 1. The quantitative estimate of drug-likeness (QED) is 0.700. The summed E-state index contributed by atoms with van der Waals surface area (Å²) >= 11 is 0. The highest BCUT2D eigenvalue weighted by molar-refractivity contribution is 5.76. The molecule has 0 bridgehead atoms. The zero-order chi connectivity index (χ0) is 16.9. The minimum atomic E-state index is 0.0224. The van der Waals surface area contributed by atoms with E-state index in [0.717, 1.165) is 22.6 Å². The van der Waals surface area contributed by atoms with Crippen LogP contribution in [-0.2, 0) is 17.9 Å². The molecule has 0 aliphatic carbocycles. The van der Waals surface area contributed by atoms with Gasteiger partial charge in [-0.25, -0.2) is 4.98 Å². The summed E-state index contributed by atoms with van der Waals surface area (Å²) in [7, 11) is 1.78. The molecule has 0 unspecified atom stereocenters. The average molecular weight is 323 g/mol. The van der Waals surface area contributed by atoms with Crippen LogP contribution in [0.4, 0.5) is 0 Å². The molecule has 3 rings (SSSR count). The fourth-order valence-electron chi connectivity index (χ4n) is 2.59. The lowest BCUT2D eigenvalue weighted by Crippen LogP contribution is -2.25.